The number of aryl methyl sites for hydroxylation is 1. The summed E-state index contributed by atoms with van der Waals surface area (Å²) in [5, 5.41) is 0.146. The van der Waals surface area contributed by atoms with E-state index in [0.717, 1.165) is 31.6 Å². The van der Waals surface area contributed by atoms with Gasteiger partial charge in [0.2, 0.25) is 5.91 Å². The molecule has 9 heteroatoms. The fourth-order valence-electron chi connectivity index (χ4n) is 5.99. The second kappa shape index (κ2) is 10.6. The Labute approximate surface area is 221 Å². The Kier molecular flexibility index (Phi) is 7.31. The van der Waals surface area contributed by atoms with E-state index >= 15 is 0 Å². The molecule has 0 saturated carbocycles. The van der Waals surface area contributed by atoms with E-state index in [1.54, 1.807) is 17.3 Å². The van der Waals surface area contributed by atoms with Crippen LogP contribution >= 0.6 is 11.6 Å². The van der Waals surface area contributed by atoms with E-state index in [0.29, 0.717) is 30.6 Å². The fourth-order valence-corrected chi connectivity index (χ4v) is 6.23. The van der Waals surface area contributed by atoms with Gasteiger partial charge in [0.05, 0.1) is 28.5 Å². The number of benzene rings is 2. The van der Waals surface area contributed by atoms with Crippen molar-refractivity contribution in [3.05, 3.63) is 88.7 Å². The van der Waals surface area contributed by atoms with Gasteiger partial charge in [0, 0.05) is 45.3 Å². The second-order valence-electron chi connectivity index (χ2n) is 10.2. The Morgan fingerprint density at radius 3 is 2.38 bits per heavy atom. The van der Waals surface area contributed by atoms with E-state index in [9.17, 15) is 14.0 Å². The number of rotatable bonds is 8. The normalized spacial score (nSPS) is 21.1. The van der Waals surface area contributed by atoms with Crippen molar-refractivity contribution in [2.24, 2.45) is 24.6 Å². The number of likely N-dealkylation sites (tertiary alicyclic amines) is 2. The minimum Gasteiger partial charge on any atom is -0.369 e. The summed E-state index contributed by atoms with van der Waals surface area (Å²) in [6, 6.07) is 14.3. The smallest absolute Gasteiger partial charge is 0.258 e. The van der Waals surface area contributed by atoms with Crippen LogP contribution in [0.25, 0.3) is 0 Å². The van der Waals surface area contributed by atoms with Gasteiger partial charge in [-0.25, -0.2) is 9.37 Å². The number of fused-ring (bicyclic) bond motifs is 1. The van der Waals surface area contributed by atoms with Gasteiger partial charge in [-0.1, -0.05) is 48.0 Å². The van der Waals surface area contributed by atoms with Gasteiger partial charge in [0.25, 0.3) is 5.91 Å². The zero-order valence-corrected chi connectivity index (χ0v) is 21.5. The third-order valence-corrected chi connectivity index (χ3v) is 8.08. The third kappa shape index (κ3) is 5.26. The molecule has 0 bridgehead atoms. The molecule has 2 aliphatic rings. The van der Waals surface area contributed by atoms with Crippen molar-refractivity contribution in [1.29, 1.82) is 0 Å². The summed E-state index contributed by atoms with van der Waals surface area (Å²) in [6.07, 6.45) is 4.30. The summed E-state index contributed by atoms with van der Waals surface area (Å²) >= 11 is 6.13. The molecule has 0 spiro atoms. The highest BCUT2D eigenvalue weighted by Crippen LogP contribution is 2.37. The molecule has 0 aliphatic carbocycles. The minimum absolute atomic E-state index is 0.0429. The van der Waals surface area contributed by atoms with Crippen LogP contribution in [0.1, 0.15) is 39.9 Å². The van der Waals surface area contributed by atoms with Crippen LogP contribution in [-0.4, -0.2) is 63.9 Å². The van der Waals surface area contributed by atoms with Gasteiger partial charge in [-0.15, -0.1) is 0 Å². The zero-order valence-electron chi connectivity index (χ0n) is 20.8. The van der Waals surface area contributed by atoms with Crippen molar-refractivity contribution < 1.29 is 14.0 Å². The van der Waals surface area contributed by atoms with Crippen LogP contribution in [0.4, 0.5) is 4.39 Å². The number of amides is 2. The van der Waals surface area contributed by atoms with Crippen LogP contribution in [-0.2, 0) is 11.8 Å². The molecular formula is C28H31ClFN5O2. The van der Waals surface area contributed by atoms with Crippen LogP contribution in [0.15, 0.2) is 61.1 Å². The maximum atomic E-state index is 14.3. The van der Waals surface area contributed by atoms with E-state index in [1.165, 1.54) is 12.1 Å². The molecule has 2 aromatic carbocycles. The van der Waals surface area contributed by atoms with E-state index in [1.807, 2.05) is 48.1 Å². The van der Waals surface area contributed by atoms with Crippen LogP contribution in [0.2, 0.25) is 5.02 Å². The predicted octanol–water partition coefficient (Wildman–Crippen LogP) is 3.66. The minimum atomic E-state index is -0.583. The van der Waals surface area contributed by atoms with Gasteiger partial charge < -0.3 is 20.1 Å². The van der Waals surface area contributed by atoms with Crippen molar-refractivity contribution >= 4 is 23.4 Å². The van der Waals surface area contributed by atoms with E-state index in [4.69, 9.17) is 17.3 Å². The van der Waals surface area contributed by atoms with Gasteiger partial charge in [-0.05, 0) is 42.5 Å². The standard InChI is InChI=1S/C28H31ClFN5O2/c1-33-16-24(32-17-33)25(27(31)36)21(18-6-3-2-4-7-18)10-11-34-12-19-14-35(15-20(19)13-34)28(37)26-22(29)8-5-9-23(26)30/h2-9,16-17,19-21,25H,10-15H2,1H3,(H2,31,36)/t19?,20?,21-,25?/m1/s1. The predicted molar refractivity (Wildman–Crippen MR) is 140 cm³/mol. The molecule has 2 amide bonds. The summed E-state index contributed by atoms with van der Waals surface area (Å²) < 4.78 is 16.1. The SMILES string of the molecule is Cn1cnc(C(C(N)=O)[C@H](CCN2CC3CN(C(=O)c4c(F)cccc4Cl)CC3C2)c2ccccc2)c1. The number of carbonyl (C=O) groups excluding carboxylic acids is 2. The third-order valence-electron chi connectivity index (χ3n) is 7.76. The number of primary amides is 1. The molecule has 3 unspecified atom stereocenters. The number of carbonyl (C=O) groups is 2. The molecule has 0 radical (unpaired) electrons. The summed E-state index contributed by atoms with van der Waals surface area (Å²) in [5.41, 5.74) is 7.62. The summed E-state index contributed by atoms with van der Waals surface area (Å²) in [4.78, 5) is 34.2. The van der Waals surface area contributed by atoms with Crippen molar-refractivity contribution in [3.8, 4) is 0 Å². The van der Waals surface area contributed by atoms with Crippen molar-refractivity contribution in [2.75, 3.05) is 32.7 Å². The van der Waals surface area contributed by atoms with E-state index in [2.05, 4.69) is 9.88 Å². The van der Waals surface area contributed by atoms with Crippen LogP contribution in [0.5, 0.6) is 0 Å². The molecule has 2 fully saturated rings. The van der Waals surface area contributed by atoms with Crippen molar-refractivity contribution in [3.63, 3.8) is 0 Å². The lowest BCUT2D eigenvalue weighted by molar-refractivity contribution is -0.120. The number of aromatic nitrogens is 2. The molecule has 7 nitrogen and oxygen atoms in total. The van der Waals surface area contributed by atoms with Crippen molar-refractivity contribution in [2.45, 2.75) is 18.3 Å². The second-order valence-corrected chi connectivity index (χ2v) is 10.6. The molecule has 5 rings (SSSR count). The Bertz CT molecular complexity index is 1250. The lowest BCUT2D eigenvalue weighted by Gasteiger charge is -2.27. The average molecular weight is 524 g/mol. The Hall–Kier alpha value is -3.23. The molecule has 2 saturated heterocycles. The Morgan fingerprint density at radius 2 is 1.78 bits per heavy atom. The molecule has 3 heterocycles. The van der Waals surface area contributed by atoms with E-state index in [-0.39, 0.29) is 28.3 Å². The number of hydrogen-bond acceptors (Lipinski definition) is 4. The topological polar surface area (TPSA) is 84.5 Å². The largest absolute Gasteiger partial charge is 0.369 e. The maximum Gasteiger partial charge on any atom is 0.258 e. The lowest BCUT2D eigenvalue weighted by Crippen LogP contribution is -2.35. The Balaban J connectivity index is 1.25. The maximum absolute atomic E-state index is 14.3. The van der Waals surface area contributed by atoms with Gasteiger partial charge in [0.15, 0.2) is 0 Å². The molecule has 4 atom stereocenters. The first kappa shape index (κ1) is 25.4. The molecule has 37 heavy (non-hydrogen) atoms. The average Bonchev–Trinajstić information content (AvgIpc) is 3.56. The number of imidazole rings is 1. The first-order valence-corrected chi connectivity index (χ1v) is 13.0. The van der Waals surface area contributed by atoms with Crippen molar-refractivity contribution in [1.82, 2.24) is 19.4 Å². The summed E-state index contributed by atoms with van der Waals surface area (Å²) in [5.74, 6) is -1.28. The highest BCUT2D eigenvalue weighted by molar-refractivity contribution is 6.33. The van der Waals surface area contributed by atoms with E-state index < -0.39 is 11.7 Å². The van der Waals surface area contributed by atoms with Crippen LogP contribution in [0, 0.1) is 17.7 Å². The van der Waals surface area contributed by atoms with Crippen LogP contribution < -0.4 is 5.73 Å². The highest BCUT2D eigenvalue weighted by Gasteiger charge is 2.42. The molecule has 3 aromatic rings. The van der Waals surface area contributed by atoms with Crippen LogP contribution in [0.3, 0.4) is 0 Å². The number of nitrogens with two attached hydrogens (primary N) is 1. The first-order chi connectivity index (χ1) is 17.8. The van der Waals surface area contributed by atoms with Gasteiger partial charge in [0.1, 0.15) is 5.82 Å². The quantitative estimate of drug-likeness (QED) is 0.488. The molecule has 1 aromatic heterocycles. The molecule has 2 N–H and O–H groups in total. The monoisotopic (exact) mass is 523 g/mol. The van der Waals surface area contributed by atoms with Gasteiger partial charge >= 0.3 is 0 Å². The van der Waals surface area contributed by atoms with Gasteiger partial charge in [-0.3, -0.25) is 9.59 Å². The number of hydrogen-bond donors (Lipinski definition) is 1. The molecular weight excluding hydrogens is 493 g/mol. The summed E-state index contributed by atoms with van der Waals surface area (Å²) in [6.45, 7) is 3.68. The molecule has 194 valence electrons. The lowest BCUT2D eigenvalue weighted by atomic mass is 9.81. The zero-order chi connectivity index (χ0) is 26.1. The fraction of sp³-hybridized carbons (Fsp3) is 0.393. The van der Waals surface area contributed by atoms with Gasteiger partial charge in [-0.2, -0.15) is 0 Å². The highest BCUT2D eigenvalue weighted by atomic mass is 35.5. The summed E-state index contributed by atoms with van der Waals surface area (Å²) in [7, 11) is 1.88. The molecule has 2 aliphatic heterocycles. The Morgan fingerprint density at radius 1 is 1.08 bits per heavy atom. The number of halogens is 2. The first-order valence-electron chi connectivity index (χ1n) is 12.6. The number of nitrogens with zero attached hydrogens (tertiary/aromatic N) is 4.